The van der Waals surface area contributed by atoms with Crippen molar-refractivity contribution in [3.8, 4) is 0 Å². The Morgan fingerprint density at radius 3 is 2.42 bits per heavy atom. The van der Waals surface area contributed by atoms with Crippen LogP contribution in [0.3, 0.4) is 0 Å². The number of nitrogens with zero attached hydrogens (tertiary/aromatic N) is 3. The van der Waals surface area contributed by atoms with Crippen LogP contribution in [-0.2, 0) is 37.0 Å². The number of hydrogen-bond acceptors (Lipinski definition) is 12. The highest BCUT2D eigenvalue weighted by atomic mass is 32.2. The summed E-state index contributed by atoms with van der Waals surface area (Å²) in [6, 6.07) is 6.95. The summed E-state index contributed by atoms with van der Waals surface area (Å²) in [6.45, 7) is -0.235. The van der Waals surface area contributed by atoms with Crippen LogP contribution >= 0.6 is 11.3 Å². The van der Waals surface area contributed by atoms with Gasteiger partial charge in [0.2, 0.25) is 11.8 Å². The summed E-state index contributed by atoms with van der Waals surface area (Å²) in [5, 5.41) is 16.5. The van der Waals surface area contributed by atoms with Crippen LogP contribution in [0.5, 0.6) is 0 Å². The summed E-state index contributed by atoms with van der Waals surface area (Å²) in [4.78, 5) is 34.8. The highest BCUT2D eigenvalue weighted by molar-refractivity contribution is 7.93. The molecule has 0 amide bonds. The number of sulfone groups is 1. The van der Waals surface area contributed by atoms with Crippen LogP contribution in [0.25, 0.3) is 0 Å². The molecular formula is C17H21N5O7S2. The number of nitrogens with two attached hydrogens (primary N) is 2. The number of aryl methyl sites for hydroxylation is 1. The normalized spacial score (nSPS) is 12.9. The number of ketones is 1. The van der Waals surface area contributed by atoms with Crippen molar-refractivity contribution < 1.29 is 27.7 Å². The van der Waals surface area contributed by atoms with Crippen molar-refractivity contribution in [3.05, 3.63) is 50.5 Å². The minimum Gasteiger partial charge on any atom is -0.468 e. The Balaban J connectivity index is 2.25. The van der Waals surface area contributed by atoms with Crippen LogP contribution < -0.4 is 11.5 Å². The van der Waals surface area contributed by atoms with Crippen LogP contribution in [0.1, 0.15) is 16.4 Å². The molecule has 1 aromatic carbocycles. The van der Waals surface area contributed by atoms with Crippen molar-refractivity contribution in [2.45, 2.75) is 35.1 Å². The number of Topliss-reactive ketones (excluding diaryl/α,β-unsaturated/α-hetero) is 1. The van der Waals surface area contributed by atoms with Crippen molar-refractivity contribution in [3.63, 3.8) is 0 Å². The number of carbonyl (C=O) groups is 2. The van der Waals surface area contributed by atoms with Gasteiger partial charge in [0.1, 0.15) is 10.0 Å². The van der Waals surface area contributed by atoms with Crippen LogP contribution in [0.15, 0.2) is 35.2 Å². The summed E-state index contributed by atoms with van der Waals surface area (Å²) in [6.07, 6.45) is 0.0567. The Kier molecular flexibility index (Phi) is 7.89. The maximum atomic E-state index is 13.0. The van der Waals surface area contributed by atoms with Crippen LogP contribution in [0.4, 0.5) is 0 Å². The molecule has 2 aromatic rings. The van der Waals surface area contributed by atoms with Crippen LogP contribution in [0.2, 0.25) is 0 Å². The van der Waals surface area contributed by atoms with Crippen LogP contribution in [-0.4, -0.2) is 59.9 Å². The monoisotopic (exact) mass is 471 g/mol. The number of carbonyl (C=O) groups excluding carboxylic acids is 2. The molecular weight excluding hydrogens is 450 g/mol. The van der Waals surface area contributed by atoms with E-state index in [1.807, 2.05) is 0 Å². The second kappa shape index (κ2) is 10.00. The van der Waals surface area contributed by atoms with Gasteiger partial charge in [-0.25, -0.2) is 8.42 Å². The molecule has 168 valence electrons. The lowest BCUT2D eigenvalue weighted by Gasteiger charge is -2.30. The molecule has 0 saturated carbocycles. The van der Waals surface area contributed by atoms with Gasteiger partial charge in [-0.2, -0.15) is 0 Å². The lowest BCUT2D eigenvalue weighted by molar-refractivity contribution is -0.480. The van der Waals surface area contributed by atoms with E-state index in [1.165, 1.54) is 24.3 Å². The molecule has 0 fully saturated rings. The van der Waals surface area contributed by atoms with Crippen molar-refractivity contribution in [2.75, 3.05) is 13.7 Å². The van der Waals surface area contributed by atoms with E-state index in [0.29, 0.717) is 5.01 Å². The molecule has 0 spiro atoms. The van der Waals surface area contributed by atoms with Gasteiger partial charge in [0.05, 0.1) is 18.4 Å². The zero-order valence-corrected chi connectivity index (χ0v) is 18.1. The first kappa shape index (κ1) is 24.5. The minimum absolute atomic E-state index is 0.183. The first-order valence-electron chi connectivity index (χ1n) is 8.91. The molecule has 4 N–H and O–H groups in total. The standard InChI is InChI=1S/C17H21N5O7S2/c1-29-16(24)15(31(27,28)11-6-3-2-4-7-11)17(18,19)12(23)10-14-21-20-13(30-14)8-5-9-22(25)26/h2-4,6-7,15H,5,8-10,18-19H2,1H3. The number of ether oxygens (including phenoxy) is 1. The van der Waals surface area contributed by atoms with Gasteiger partial charge in [0.25, 0.3) is 0 Å². The fourth-order valence-electron chi connectivity index (χ4n) is 2.69. The van der Waals surface area contributed by atoms with Gasteiger partial charge in [0.15, 0.2) is 21.3 Å². The molecule has 0 bridgehead atoms. The van der Waals surface area contributed by atoms with E-state index in [9.17, 15) is 28.1 Å². The second-order valence-electron chi connectivity index (χ2n) is 6.54. The van der Waals surface area contributed by atoms with Crippen LogP contribution in [0, 0.1) is 10.1 Å². The van der Waals surface area contributed by atoms with E-state index in [2.05, 4.69) is 14.9 Å². The Morgan fingerprint density at radius 2 is 1.84 bits per heavy atom. The predicted octanol–water partition coefficient (Wildman–Crippen LogP) is -0.512. The lowest BCUT2D eigenvalue weighted by atomic mass is 10.00. The molecule has 1 unspecified atom stereocenters. The summed E-state index contributed by atoms with van der Waals surface area (Å²) in [5.41, 5.74) is 9.19. The van der Waals surface area contributed by atoms with Gasteiger partial charge < -0.3 is 16.2 Å². The molecule has 31 heavy (non-hydrogen) atoms. The van der Waals surface area contributed by atoms with Gasteiger partial charge in [0, 0.05) is 17.8 Å². The molecule has 1 heterocycles. The second-order valence-corrected chi connectivity index (χ2v) is 9.72. The largest absolute Gasteiger partial charge is 0.468 e. The number of aromatic nitrogens is 2. The highest BCUT2D eigenvalue weighted by Gasteiger charge is 2.52. The van der Waals surface area contributed by atoms with E-state index in [1.54, 1.807) is 6.07 Å². The molecule has 1 atom stereocenters. The summed E-state index contributed by atoms with van der Waals surface area (Å²) >= 11 is 1.02. The number of hydrogen-bond donors (Lipinski definition) is 2. The molecule has 0 radical (unpaired) electrons. The quantitative estimate of drug-likeness (QED) is 0.185. The molecule has 0 aliphatic rings. The van der Waals surface area contributed by atoms with Crippen molar-refractivity contribution in [1.29, 1.82) is 0 Å². The summed E-state index contributed by atoms with van der Waals surface area (Å²) in [5.74, 6) is -2.24. The summed E-state index contributed by atoms with van der Waals surface area (Å²) in [7, 11) is -3.51. The predicted molar refractivity (Wildman–Crippen MR) is 109 cm³/mol. The van der Waals surface area contributed by atoms with Gasteiger partial charge in [-0.05, 0) is 12.1 Å². The lowest BCUT2D eigenvalue weighted by Crippen LogP contribution is -2.69. The molecule has 1 aromatic heterocycles. The Morgan fingerprint density at radius 1 is 1.23 bits per heavy atom. The molecule has 0 saturated heterocycles. The number of methoxy groups -OCH3 is 1. The smallest absolute Gasteiger partial charge is 0.328 e. The molecule has 0 aliphatic carbocycles. The van der Waals surface area contributed by atoms with E-state index in [-0.39, 0.29) is 29.3 Å². The average molecular weight is 472 g/mol. The van der Waals surface area contributed by atoms with Crippen molar-refractivity contribution in [1.82, 2.24) is 10.2 Å². The number of rotatable bonds is 11. The first-order chi connectivity index (χ1) is 14.5. The summed E-state index contributed by atoms with van der Waals surface area (Å²) < 4.78 is 30.6. The van der Waals surface area contributed by atoms with Gasteiger partial charge in [-0.15, -0.1) is 21.5 Å². The van der Waals surface area contributed by atoms with Gasteiger partial charge >= 0.3 is 5.97 Å². The molecule has 2 rings (SSSR count). The fraction of sp³-hybridized carbons (Fsp3) is 0.412. The molecule has 0 aliphatic heterocycles. The molecule has 14 heteroatoms. The first-order valence-corrected chi connectivity index (χ1v) is 11.3. The molecule has 12 nitrogen and oxygen atoms in total. The Bertz CT molecular complexity index is 1050. The van der Waals surface area contributed by atoms with Crippen molar-refractivity contribution in [2.24, 2.45) is 11.5 Å². The number of benzene rings is 1. The van der Waals surface area contributed by atoms with E-state index >= 15 is 0 Å². The topological polar surface area (TPSA) is 198 Å². The zero-order chi connectivity index (χ0) is 23.2. The number of esters is 1. The third kappa shape index (κ3) is 5.88. The Hall–Kier alpha value is -2.81. The van der Waals surface area contributed by atoms with Gasteiger partial charge in [-0.3, -0.25) is 19.7 Å². The fourth-order valence-corrected chi connectivity index (χ4v) is 5.38. The third-order valence-electron chi connectivity index (χ3n) is 4.27. The third-order valence-corrected chi connectivity index (χ3v) is 7.38. The van der Waals surface area contributed by atoms with E-state index in [4.69, 9.17) is 11.5 Å². The van der Waals surface area contributed by atoms with E-state index < -0.39 is 43.8 Å². The SMILES string of the molecule is COC(=O)C(C(N)(N)C(=O)Cc1nnc(CCC[N+](=O)[O-])s1)S(=O)(=O)c1ccccc1. The maximum absolute atomic E-state index is 13.0. The van der Waals surface area contributed by atoms with E-state index in [0.717, 1.165) is 18.4 Å². The maximum Gasteiger partial charge on any atom is 0.328 e. The van der Waals surface area contributed by atoms with Crippen molar-refractivity contribution >= 4 is 32.9 Å². The zero-order valence-electron chi connectivity index (χ0n) is 16.5. The minimum atomic E-state index is -4.46. The highest BCUT2D eigenvalue weighted by Crippen LogP contribution is 2.24. The Labute approximate surface area is 181 Å². The average Bonchev–Trinajstić information content (AvgIpc) is 3.15. The number of nitro groups is 1. The van der Waals surface area contributed by atoms with Gasteiger partial charge in [-0.1, -0.05) is 18.2 Å².